The number of hydrogen-bond acceptors (Lipinski definition) is 5. The van der Waals surface area contributed by atoms with Gasteiger partial charge < -0.3 is 25.2 Å². The Labute approximate surface area is 151 Å². The third kappa shape index (κ3) is 4.97. The van der Waals surface area contributed by atoms with Crippen LogP contribution in [0.2, 0.25) is 0 Å². The molecule has 0 fully saturated rings. The van der Waals surface area contributed by atoms with Crippen molar-refractivity contribution in [2.24, 2.45) is 0 Å². The van der Waals surface area contributed by atoms with E-state index in [0.717, 1.165) is 5.56 Å². The summed E-state index contributed by atoms with van der Waals surface area (Å²) in [6, 6.07) is 11.8. The van der Waals surface area contributed by atoms with E-state index in [-0.39, 0.29) is 0 Å². The number of aliphatic hydroxyl groups excluding tert-OH is 1. The number of aliphatic hydroxyl groups is 1. The number of methoxy groups -OCH3 is 2. The molecular weight excluding hydrogens is 336 g/mol. The van der Waals surface area contributed by atoms with E-state index in [1.165, 1.54) is 14.2 Å². The summed E-state index contributed by atoms with van der Waals surface area (Å²) in [6.07, 6.45) is -1.28. The maximum Gasteiger partial charge on any atom is 0.331 e. The minimum atomic E-state index is -1.28. The van der Waals surface area contributed by atoms with Crippen molar-refractivity contribution in [3.8, 4) is 5.75 Å². The first-order chi connectivity index (χ1) is 12.4. The Morgan fingerprint density at radius 2 is 1.77 bits per heavy atom. The van der Waals surface area contributed by atoms with Gasteiger partial charge in [0.05, 0.1) is 14.2 Å². The van der Waals surface area contributed by atoms with Crippen molar-refractivity contribution in [1.82, 2.24) is 5.32 Å². The number of rotatable bonds is 6. The van der Waals surface area contributed by atoms with Crippen molar-refractivity contribution >= 4 is 17.7 Å². The number of carbonyl (C=O) groups excluding carboxylic acids is 2. The monoisotopic (exact) mass is 358 g/mol. The zero-order valence-corrected chi connectivity index (χ0v) is 14.9. The molecule has 7 heteroatoms. The highest BCUT2D eigenvalue weighted by molar-refractivity contribution is 5.92. The van der Waals surface area contributed by atoms with Crippen molar-refractivity contribution in [2.75, 3.05) is 19.5 Å². The summed E-state index contributed by atoms with van der Waals surface area (Å²) in [7, 11) is 2.72. The number of esters is 1. The molecule has 2 atom stereocenters. The number of aryl methyl sites for hydroxylation is 1. The second-order valence-electron chi connectivity index (χ2n) is 5.69. The van der Waals surface area contributed by atoms with Crippen LogP contribution in [0, 0.1) is 6.92 Å². The van der Waals surface area contributed by atoms with Crippen LogP contribution in [0.4, 0.5) is 10.5 Å². The van der Waals surface area contributed by atoms with Crippen molar-refractivity contribution in [3.63, 3.8) is 0 Å². The maximum absolute atomic E-state index is 12.2. The van der Waals surface area contributed by atoms with E-state index in [1.807, 2.05) is 13.0 Å². The quantitative estimate of drug-likeness (QED) is 0.689. The summed E-state index contributed by atoms with van der Waals surface area (Å²) < 4.78 is 9.77. The molecule has 0 aliphatic heterocycles. The van der Waals surface area contributed by atoms with Gasteiger partial charge in [-0.05, 0) is 42.3 Å². The number of ether oxygens (including phenoxy) is 2. The van der Waals surface area contributed by atoms with Gasteiger partial charge in [-0.2, -0.15) is 0 Å². The number of amides is 2. The maximum atomic E-state index is 12.2. The van der Waals surface area contributed by atoms with Crippen molar-refractivity contribution in [3.05, 3.63) is 59.7 Å². The summed E-state index contributed by atoms with van der Waals surface area (Å²) >= 11 is 0. The molecule has 0 aliphatic carbocycles. The first-order valence-electron chi connectivity index (χ1n) is 7.98. The van der Waals surface area contributed by atoms with Crippen molar-refractivity contribution < 1.29 is 24.2 Å². The van der Waals surface area contributed by atoms with E-state index in [0.29, 0.717) is 17.0 Å². The molecular formula is C19H22N2O5. The Kier molecular flexibility index (Phi) is 6.57. The lowest BCUT2D eigenvalue weighted by atomic mass is 10.0. The number of hydrogen-bond donors (Lipinski definition) is 3. The number of benzene rings is 2. The largest absolute Gasteiger partial charge is 0.497 e. The van der Waals surface area contributed by atoms with Crippen LogP contribution < -0.4 is 15.4 Å². The zero-order valence-electron chi connectivity index (χ0n) is 14.9. The molecule has 0 bridgehead atoms. The predicted octanol–water partition coefficient (Wildman–Crippen LogP) is 2.40. The molecule has 26 heavy (non-hydrogen) atoms. The Bertz CT molecular complexity index is 761. The number of urea groups is 1. The Morgan fingerprint density at radius 1 is 1.08 bits per heavy atom. The molecule has 0 spiro atoms. The highest BCUT2D eigenvalue weighted by Crippen LogP contribution is 2.21. The topological polar surface area (TPSA) is 96.9 Å². The van der Waals surface area contributed by atoms with Gasteiger partial charge in [0.1, 0.15) is 11.9 Å². The summed E-state index contributed by atoms with van der Waals surface area (Å²) in [4.78, 5) is 24.3. The average molecular weight is 358 g/mol. The molecule has 2 rings (SSSR count). The van der Waals surface area contributed by atoms with E-state index in [1.54, 1.807) is 42.5 Å². The van der Waals surface area contributed by atoms with E-state index in [2.05, 4.69) is 10.6 Å². The molecule has 0 saturated carbocycles. The summed E-state index contributed by atoms with van der Waals surface area (Å²) in [5, 5.41) is 15.6. The van der Waals surface area contributed by atoms with E-state index >= 15 is 0 Å². The van der Waals surface area contributed by atoms with Gasteiger partial charge in [0.2, 0.25) is 0 Å². The fourth-order valence-electron chi connectivity index (χ4n) is 2.42. The molecule has 0 aromatic heterocycles. The van der Waals surface area contributed by atoms with E-state index in [4.69, 9.17) is 9.47 Å². The van der Waals surface area contributed by atoms with Gasteiger partial charge in [-0.1, -0.05) is 24.3 Å². The number of carbonyl (C=O) groups is 2. The highest BCUT2D eigenvalue weighted by Gasteiger charge is 2.30. The van der Waals surface area contributed by atoms with Gasteiger partial charge in [-0.15, -0.1) is 0 Å². The first-order valence-corrected chi connectivity index (χ1v) is 7.98. The summed E-state index contributed by atoms with van der Waals surface area (Å²) in [5.41, 5.74) is 1.99. The fraction of sp³-hybridized carbons (Fsp3) is 0.263. The minimum absolute atomic E-state index is 0.442. The summed E-state index contributed by atoms with van der Waals surface area (Å²) in [5.74, 6) is -0.145. The highest BCUT2D eigenvalue weighted by atomic mass is 16.5. The van der Waals surface area contributed by atoms with Crippen LogP contribution >= 0.6 is 0 Å². The molecule has 3 N–H and O–H groups in total. The second kappa shape index (κ2) is 8.87. The van der Waals surface area contributed by atoms with Crippen LogP contribution in [-0.2, 0) is 9.53 Å². The second-order valence-corrected chi connectivity index (χ2v) is 5.69. The lowest BCUT2D eigenvalue weighted by Gasteiger charge is -2.22. The first kappa shape index (κ1) is 19.3. The van der Waals surface area contributed by atoms with Gasteiger partial charge in [0.25, 0.3) is 0 Å². The molecule has 0 heterocycles. The lowest BCUT2D eigenvalue weighted by molar-refractivity contribution is -0.145. The van der Waals surface area contributed by atoms with Crippen LogP contribution in [0.25, 0.3) is 0 Å². The van der Waals surface area contributed by atoms with Crippen LogP contribution in [0.15, 0.2) is 48.5 Å². The zero-order chi connectivity index (χ0) is 19.1. The molecule has 7 nitrogen and oxygen atoms in total. The Morgan fingerprint density at radius 3 is 2.35 bits per heavy atom. The fourth-order valence-corrected chi connectivity index (χ4v) is 2.42. The van der Waals surface area contributed by atoms with Crippen LogP contribution in [-0.4, -0.2) is 37.4 Å². The molecule has 0 saturated heterocycles. The molecule has 2 aromatic rings. The number of anilines is 1. The molecule has 0 aliphatic rings. The molecule has 138 valence electrons. The van der Waals surface area contributed by atoms with Crippen molar-refractivity contribution in [1.29, 1.82) is 0 Å². The summed E-state index contributed by atoms with van der Waals surface area (Å²) in [6.45, 7) is 1.90. The average Bonchev–Trinajstić information content (AvgIpc) is 2.65. The normalized spacial score (nSPS) is 12.6. The minimum Gasteiger partial charge on any atom is -0.497 e. The van der Waals surface area contributed by atoms with Gasteiger partial charge in [0.15, 0.2) is 6.04 Å². The lowest BCUT2D eigenvalue weighted by Crippen LogP contribution is -2.47. The molecule has 2 amide bonds. The SMILES string of the molecule is COC(=O)C(NC(=O)Nc1cccc(C)c1)C(O)c1ccc(OC)cc1. The molecule has 2 aromatic carbocycles. The Hall–Kier alpha value is -3.06. The smallest absolute Gasteiger partial charge is 0.331 e. The Balaban J connectivity index is 2.12. The van der Waals surface area contributed by atoms with E-state index in [9.17, 15) is 14.7 Å². The molecule has 0 radical (unpaired) electrons. The third-order valence-corrected chi connectivity index (χ3v) is 3.79. The standard InChI is InChI=1S/C19H22N2O5/c1-12-5-4-6-14(11-12)20-19(24)21-16(18(23)26-3)17(22)13-7-9-15(25-2)10-8-13/h4-11,16-17,22H,1-3H3,(H2,20,21,24). The van der Waals surface area contributed by atoms with Crippen LogP contribution in [0.1, 0.15) is 17.2 Å². The van der Waals surface area contributed by atoms with Gasteiger partial charge in [0, 0.05) is 5.69 Å². The third-order valence-electron chi connectivity index (χ3n) is 3.79. The predicted molar refractivity (Wildman–Crippen MR) is 97.1 cm³/mol. The van der Waals surface area contributed by atoms with Crippen LogP contribution in [0.5, 0.6) is 5.75 Å². The van der Waals surface area contributed by atoms with Crippen molar-refractivity contribution in [2.45, 2.75) is 19.1 Å². The van der Waals surface area contributed by atoms with E-state index < -0.39 is 24.1 Å². The van der Waals surface area contributed by atoms with Crippen LogP contribution in [0.3, 0.4) is 0 Å². The molecule has 2 unspecified atom stereocenters. The van der Waals surface area contributed by atoms with Gasteiger partial charge in [-0.25, -0.2) is 9.59 Å². The number of nitrogens with one attached hydrogen (secondary N) is 2. The van der Waals surface area contributed by atoms with Gasteiger partial charge >= 0.3 is 12.0 Å². The van der Waals surface area contributed by atoms with Gasteiger partial charge in [-0.3, -0.25) is 0 Å².